The second kappa shape index (κ2) is 7.08. The van der Waals surface area contributed by atoms with Gasteiger partial charge in [-0.2, -0.15) is 0 Å². The minimum Gasteiger partial charge on any atom is -0.338 e. The van der Waals surface area contributed by atoms with E-state index in [9.17, 15) is 4.79 Å². The van der Waals surface area contributed by atoms with Gasteiger partial charge in [-0.3, -0.25) is 4.79 Å². The van der Waals surface area contributed by atoms with Crippen LogP contribution in [0.1, 0.15) is 37.7 Å². The predicted octanol–water partition coefficient (Wildman–Crippen LogP) is 2.71. The molecule has 0 bridgehead atoms. The monoisotopic (exact) mass is 286 g/mol. The molecule has 1 aromatic carbocycles. The van der Waals surface area contributed by atoms with Crippen LogP contribution in [0.4, 0.5) is 0 Å². The van der Waals surface area contributed by atoms with Crippen molar-refractivity contribution in [3.05, 3.63) is 35.9 Å². The van der Waals surface area contributed by atoms with Gasteiger partial charge in [0.05, 0.1) is 0 Å². The molecule has 1 amide bonds. The number of likely N-dealkylation sites (tertiary alicyclic amines) is 2. The molecule has 3 rings (SSSR count). The highest BCUT2D eigenvalue weighted by Crippen LogP contribution is 2.21. The summed E-state index contributed by atoms with van der Waals surface area (Å²) in [5.41, 5.74) is 1.26. The second-order valence-electron chi connectivity index (χ2n) is 6.38. The van der Waals surface area contributed by atoms with E-state index in [1.54, 1.807) is 0 Å². The van der Waals surface area contributed by atoms with E-state index in [1.165, 1.54) is 44.3 Å². The lowest BCUT2D eigenvalue weighted by atomic mass is 10.1. The Morgan fingerprint density at radius 3 is 2.57 bits per heavy atom. The van der Waals surface area contributed by atoms with Crippen molar-refractivity contribution in [2.45, 2.75) is 44.6 Å². The maximum atomic E-state index is 12.5. The van der Waals surface area contributed by atoms with Gasteiger partial charge in [0.25, 0.3) is 0 Å². The Morgan fingerprint density at radius 2 is 1.81 bits per heavy atom. The molecule has 2 aliphatic heterocycles. The number of hydrogen-bond acceptors (Lipinski definition) is 2. The third kappa shape index (κ3) is 3.85. The smallest absolute Gasteiger partial charge is 0.223 e. The molecule has 3 nitrogen and oxygen atoms in total. The van der Waals surface area contributed by atoms with E-state index >= 15 is 0 Å². The van der Waals surface area contributed by atoms with Gasteiger partial charge in [0.15, 0.2) is 0 Å². The van der Waals surface area contributed by atoms with Gasteiger partial charge in [0, 0.05) is 25.6 Å². The average molecular weight is 286 g/mol. The van der Waals surface area contributed by atoms with Crippen molar-refractivity contribution >= 4 is 5.91 Å². The lowest BCUT2D eigenvalue weighted by Gasteiger charge is -2.28. The highest BCUT2D eigenvalue weighted by atomic mass is 16.2. The normalized spacial score (nSPS) is 22.9. The van der Waals surface area contributed by atoms with Crippen molar-refractivity contribution < 1.29 is 4.79 Å². The van der Waals surface area contributed by atoms with Gasteiger partial charge >= 0.3 is 0 Å². The fraction of sp³-hybridized carbons (Fsp3) is 0.611. The van der Waals surface area contributed by atoms with Gasteiger partial charge in [-0.25, -0.2) is 0 Å². The largest absolute Gasteiger partial charge is 0.338 e. The minimum absolute atomic E-state index is 0.348. The zero-order valence-electron chi connectivity index (χ0n) is 12.8. The highest BCUT2D eigenvalue weighted by molar-refractivity contribution is 5.77. The molecule has 2 aliphatic rings. The standard InChI is InChI=1S/C18H26N2O/c21-18(11-10-16-7-2-1-3-8-16)20-14-6-9-17(20)15-19-12-4-5-13-19/h1-3,7-8,17H,4-6,9-15H2/t17-/m0/s1. The van der Waals surface area contributed by atoms with Crippen molar-refractivity contribution in [2.75, 3.05) is 26.2 Å². The Morgan fingerprint density at radius 1 is 1.05 bits per heavy atom. The highest BCUT2D eigenvalue weighted by Gasteiger charge is 2.30. The van der Waals surface area contributed by atoms with Gasteiger partial charge in [0.2, 0.25) is 5.91 Å². The topological polar surface area (TPSA) is 23.6 Å². The van der Waals surface area contributed by atoms with Crippen LogP contribution in [-0.4, -0.2) is 47.9 Å². The fourth-order valence-electron chi connectivity index (χ4n) is 3.66. The number of amides is 1. The Kier molecular flexibility index (Phi) is 4.91. The quantitative estimate of drug-likeness (QED) is 0.831. The fourth-order valence-corrected chi connectivity index (χ4v) is 3.66. The zero-order chi connectivity index (χ0) is 14.5. The Balaban J connectivity index is 1.50. The molecular weight excluding hydrogens is 260 g/mol. The van der Waals surface area contributed by atoms with Crippen molar-refractivity contribution in [3.8, 4) is 0 Å². The van der Waals surface area contributed by atoms with Crippen molar-refractivity contribution in [1.82, 2.24) is 9.80 Å². The summed E-state index contributed by atoms with van der Waals surface area (Å²) in [5, 5.41) is 0. The van der Waals surface area contributed by atoms with E-state index < -0.39 is 0 Å². The number of rotatable bonds is 5. The van der Waals surface area contributed by atoms with Crippen molar-refractivity contribution in [2.24, 2.45) is 0 Å². The molecule has 1 atom stereocenters. The number of hydrogen-bond donors (Lipinski definition) is 0. The number of benzene rings is 1. The van der Waals surface area contributed by atoms with Crippen LogP contribution in [0.25, 0.3) is 0 Å². The van der Waals surface area contributed by atoms with Crippen LogP contribution in [0.2, 0.25) is 0 Å². The first kappa shape index (κ1) is 14.6. The van der Waals surface area contributed by atoms with E-state index in [0.717, 1.165) is 19.5 Å². The molecule has 0 spiro atoms. The van der Waals surface area contributed by atoms with Gasteiger partial charge < -0.3 is 9.80 Å². The maximum absolute atomic E-state index is 12.5. The molecule has 2 saturated heterocycles. The zero-order valence-corrected chi connectivity index (χ0v) is 12.8. The Bertz CT molecular complexity index is 454. The van der Waals surface area contributed by atoms with E-state index in [0.29, 0.717) is 18.4 Å². The lowest BCUT2D eigenvalue weighted by molar-refractivity contribution is -0.132. The Labute approximate surface area is 127 Å². The first-order valence-corrected chi connectivity index (χ1v) is 8.39. The summed E-state index contributed by atoms with van der Waals surface area (Å²) < 4.78 is 0. The Hall–Kier alpha value is -1.35. The van der Waals surface area contributed by atoms with E-state index in [4.69, 9.17) is 0 Å². The van der Waals surface area contributed by atoms with Crippen LogP contribution in [0.3, 0.4) is 0 Å². The number of carbonyl (C=O) groups is 1. The lowest BCUT2D eigenvalue weighted by Crippen LogP contribution is -2.42. The summed E-state index contributed by atoms with van der Waals surface area (Å²) in [4.78, 5) is 17.2. The third-order valence-electron chi connectivity index (χ3n) is 4.84. The summed E-state index contributed by atoms with van der Waals surface area (Å²) in [7, 11) is 0. The summed E-state index contributed by atoms with van der Waals surface area (Å²) in [5.74, 6) is 0.348. The molecule has 0 radical (unpaired) electrons. The molecule has 0 N–H and O–H groups in total. The SMILES string of the molecule is O=C(CCc1ccccc1)N1CCC[C@H]1CN1CCCC1. The van der Waals surface area contributed by atoms with Crippen LogP contribution in [-0.2, 0) is 11.2 Å². The maximum Gasteiger partial charge on any atom is 0.223 e. The third-order valence-corrected chi connectivity index (χ3v) is 4.84. The predicted molar refractivity (Wildman–Crippen MR) is 85.2 cm³/mol. The van der Waals surface area contributed by atoms with E-state index in [1.807, 2.05) is 18.2 Å². The van der Waals surface area contributed by atoms with Gasteiger partial charge in [0.1, 0.15) is 0 Å². The number of nitrogens with zero attached hydrogens (tertiary/aromatic N) is 2. The molecule has 2 heterocycles. The van der Waals surface area contributed by atoms with Gasteiger partial charge in [-0.15, -0.1) is 0 Å². The summed E-state index contributed by atoms with van der Waals surface area (Å²) in [6.07, 6.45) is 6.54. The molecule has 114 valence electrons. The molecule has 0 saturated carbocycles. The van der Waals surface area contributed by atoms with E-state index in [2.05, 4.69) is 21.9 Å². The summed E-state index contributed by atoms with van der Waals surface area (Å²) in [6, 6.07) is 10.8. The van der Waals surface area contributed by atoms with Crippen LogP contribution < -0.4 is 0 Å². The van der Waals surface area contributed by atoms with Crippen molar-refractivity contribution in [3.63, 3.8) is 0 Å². The molecular formula is C18H26N2O. The minimum atomic E-state index is 0.348. The van der Waals surface area contributed by atoms with Crippen LogP contribution >= 0.6 is 0 Å². The van der Waals surface area contributed by atoms with Gasteiger partial charge in [-0.05, 0) is 50.8 Å². The second-order valence-corrected chi connectivity index (χ2v) is 6.38. The van der Waals surface area contributed by atoms with Crippen LogP contribution in [0.15, 0.2) is 30.3 Å². The molecule has 1 aromatic rings. The molecule has 21 heavy (non-hydrogen) atoms. The molecule has 0 aliphatic carbocycles. The van der Waals surface area contributed by atoms with Crippen LogP contribution in [0.5, 0.6) is 0 Å². The summed E-state index contributed by atoms with van der Waals surface area (Å²) >= 11 is 0. The average Bonchev–Trinajstić information content (AvgIpc) is 3.18. The summed E-state index contributed by atoms with van der Waals surface area (Å²) in [6.45, 7) is 4.51. The molecule has 3 heteroatoms. The molecule has 2 fully saturated rings. The molecule has 0 unspecified atom stereocenters. The first-order valence-electron chi connectivity index (χ1n) is 8.39. The van der Waals surface area contributed by atoms with Gasteiger partial charge in [-0.1, -0.05) is 30.3 Å². The first-order chi connectivity index (χ1) is 10.3. The number of aryl methyl sites for hydroxylation is 1. The van der Waals surface area contributed by atoms with Crippen LogP contribution in [0, 0.1) is 0 Å². The van der Waals surface area contributed by atoms with Crippen molar-refractivity contribution in [1.29, 1.82) is 0 Å². The molecule has 0 aromatic heterocycles. The van der Waals surface area contributed by atoms with E-state index in [-0.39, 0.29) is 0 Å². The number of carbonyl (C=O) groups excluding carboxylic acids is 1.